The van der Waals surface area contributed by atoms with Crippen LogP contribution in [0.1, 0.15) is 35.8 Å². The Labute approximate surface area is 157 Å². The summed E-state index contributed by atoms with van der Waals surface area (Å²) in [5.41, 5.74) is 2.47. The largest absolute Gasteiger partial charge is 0.507 e. The summed E-state index contributed by atoms with van der Waals surface area (Å²) < 4.78 is 12.5. The zero-order valence-corrected chi connectivity index (χ0v) is 15.4. The van der Waals surface area contributed by atoms with Crippen molar-refractivity contribution in [3.05, 3.63) is 59.9 Å². The molecular formula is C20H21N3O4. The first-order valence-electron chi connectivity index (χ1n) is 8.53. The fourth-order valence-electron chi connectivity index (χ4n) is 2.80. The lowest BCUT2D eigenvalue weighted by Crippen LogP contribution is -2.09. The average Bonchev–Trinajstić information content (AvgIpc) is 3.16. The van der Waals surface area contributed by atoms with Crippen LogP contribution in [-0.2, 0) is 11.3 Å². The summed E-state index contributed by atoms with van der Waals surface area (Å²) in [6.07, 6.45) is 3.45. The lowest BCUT2D eigenvalue weighted by Gasteiger charge is -2.15. The number of hydrogen-bond donors (Lipinski definition) is 1. The Bertz CT molecular complexity index is 950. The number of rotatable bonds is 6. The highest BCUT2D eigenvalue weighted by molar-refractivity contribution is 5.95. The highest BCUT2D eigenvalue weighted by atomic mass is 16.5. The first-order chi connectivity index (χ1) is 13.0. The van der Waals surface area contributed by atoms with Gasteiger partial charge in [-0.05, 0) is 38.1 Å². The summed E-state index contributed by atoms with van der Waals surface area (Å²) in [6.45, 7) is 4.26. The number of carbonyl (C=O) groups excluding carboxylic acids is 1. The van der Waals surface area contributed by atoms with E-state index in [0.29, 0.717) is 0 Å². The monoisotopic (exact) mass is 367 g/mol. The molecule has 7 heteroatoms. The Morgan fingerprint density at radius 2 is 2.00 bits per heavy atom. The van der Waals surface area contributed by atoms with Crippen LogP contribution >= 0.6 is 0 Å². The molecule has 0 atom stereocenters. The van der Waals surface area contributed by atoms with Crippen molar-refractivity contribution in [2.75, 3.05) is 7.11 Å². The van der Waals surface area contributed by atoms with Gasteiger partial charge in [0, 0.05) is 24.0 Å². The third-order valence-corrected chi connectivity index (χ3v) is 4.07. The molecule has 0 amide bonds. The normalized spacial score (nSPS) is 10.8. The smallest absolute Gasteiger partial charge is 0.345 e. The van der Waals surface area contributed by atoms with Crippen LogP contribution in [0.25, 0.3) is 11.4 Å². The molecule has 0 saturated carbocycles. The minimum atomic E-state index is -0.660. The van der Waals surface area contributed by atoms with Crippen LogP contribution < -0.4 is 4.74 Å². The van der Waals surface area contributed by atoms with E-state index in [2.05, 4.69) is 10.1 Å². The Kier molecular flexibility index (Phi) is 5.40. The summed E-state index contributed by atoms with van der Waals surface area (Å²) in [4.78, 5) is 16.4. The summed E-state index contributed by atoms with van der Waals surface area (Å²) in [6, 6.07) is 10.4. The maximum atomic E-state index is 12.0. The highest BCUT2D eigenvalue weighted by Gasteiger charge is 2.19. The van der Waals surface area contributed by atoms with E-state index in [9.17, 15) is 9.90 Å². The molecule has 0 unspecified atom stereocenters. The molecule has 27 heavy (non-hydrogen) atoms. The van der Waals surface area contributed by atoms with Gasteiger partial charge in [0.2, 0.25) is 0 Å². The summed E-state index contributed by atoms with van der Waals surface area (Å²) in [5, 5.41) is 14.3. The van der Waals surface area contributed by atoms with Crippen molar-refractivity contribution in [1.82, 2.24) is 14.8 Å². The molecule has 7 nitrogen and oxygen atoms in total. The van der Waals surface area contributed by atoms with Crippen LogP contribution in [-0.4, -0.2) is 33.0 Å². The second kappa shape index (κ2) is 7.90. The van der Waals surface area contributed by atoms with Crippen molar-refractivity contribution >= 4 is 5.97 Å². The first kappa shape index (κ1) is 18.4. The second-order valence-corrected chi connectivity index (χ2v) is 6.20. The van der Waals surface area contributed by atoms with E-state index in [4.69, 9.17) is 9.47 Å². The van der Waals surface area contributed by atoms with Crippen LogP contribution in [0.2, 0.25) is 0 Å². The van der Waals surface area contributed by atoms with Gasteiger partial charge in [0.1, 0.15) is 23.7 Å². The van der Waals surface area contributed by atoms with Crippen LogP contribution in [0, 0.1) is 0 Å². The summed E-state index contributed by atoms with van der Waals surface area (Å²) >= 11 is 0. The van der Waals surface area contributed by atoms with Crippen LogP contribution in [0.3, 0.4) is 0 Å². The van der Waals surface area contributed by atoms with E-state index in [0.717, 1.165) is 17.0 Å². The number of ether oxygens (including phenoxy) is 2. The van der Waals surface area contributed by atoms with Gasteiger partial charge in [0.25, 0.3) is 0 Å². The number of nitrogens with zero attached hydrogens (tertiary/aromatic N) is 3. The molecule has 0 aliphatic carbocycles. The molecule has 1 aromatic carbocycles. The molecule has 0 aliphatic heterocycles. The quantitative estimate of drug-likeness (QED) is 0.670. The molecule has 0 spiro atoms. The molecule has 0 radical (unpaired) electrons. The van der Waals surface area contributed by atoms with Crippen molar-refractivity contribution in [2.24, 2.45) is 0 Å². The fourth-order valence-corrected chi connectivity index (χ4v) is 2.80. The molecule has 0 fully saturated rings. The van der Waals surface area contributed by atoms with E-state index >= 15 is 0 Å². The predicted molar refractivity (Wildman–Crippen MR) is 99.6 cm³/mol. The zero-order valence-electron chi connectivity index (χ0n) is 15.4. The second-order valence-electron chi connectivity index (χ2n) is 6.20. The number of phenolic OH excluding ortho intramolecular Hbond substituents is 1. The van der Waals surface area contributed by atoms with Crippen molar-refractivity contribution < 1.29 is 19.4 Å². The van der Waals surface area contributed by atoms with E-state index < -0.39 is 5.97 Å². The number of aromatic hydroxyl groups is 1. The topological polar surface area (TPSA) is 86.5 Å². The Morgan fingerprint density at radius 3 is 2.74 bits per heavy atom. The Morgan fingerprint density at radius 1 is 1.19 bits per heavy atom. The van der Waals surface area contributed by atoms with Crippen LogP contribution in [0.15, 0.2) is 48.8 Å². The number of carbonyl (C=O) groups is 1. The van der Waals surface area contributed by atoms with E-state index in [1.54, 1.807) is 24.5 Å². The van der Waals surface area contributed by atoms with Gasteiger partial charge in [-0.25, -0.2) is 4.79 Å². The Hall–Kier alpha value is -3.35. The van der Waals surface area contributed by atoms with E-state index in [-0.39, 0.29) is 29.7 Å². The number of benzene rings is 1. The molecule has 0 aliphatic rings. The van der Waals surface area contributed by atoms with Gasteiger partial charge in [-0.15, -0.1) is 0 Å². The lowest BCUT2D eigenvalue weighted by molar-refractivity contribution is 0.0592. The van der Waals surface area contributed by atoms with E-state index in [1.807, 2.05) is 36.7 Å². The summed E-state index contributed by atoms with van der Waals surface area (Å²) in [5.74, 6) is -0.606. The van der Waals surface area contributed by atoms with Crippen molar-refractivity contribution in [3.63, 3.8) is 0 Å². The third kappa shape index (κ3) is 3.76. The molecule has 2 aromatic heterocycles. The highest BCUT2D eigenvalue weighted by Crippen LogP contribution is 2.30. The van der Waals surface area contributed by atoms with Gasteiger partial charge in [-0.1, -0.05) is 12.1 Å². The van der Waals surface area contributed by atoms with Crippen LogP contribution in [0.5, 0.6) is 11.5 Å². The number of pyridine rings is 1. The molecule has 140 valence electrons. The number of methoxy groups -OCH3 is 1. The fraction of sp³-hybridized carbons (Fsp3) is 0.250. The maximum Gasteiger partial charge on any atom is 0.345 e. The van der Waals surface area contributed by atoms with Crippen molar-refractivity contribution in [1.29, 1.82) is 0 Å². The molecule has 1 N–H and O–H groups in total. The Balaban J connectivity index is 1.92. The van der Waals surface area contributed by atoms with Gasteiger partial charge in [0.05, 0.1) is 18.5 Å². The van der Waals surface area contributed by atoms with Gasteiger partial charge < -0.3 is 14.6 Å². The number of esters is 1. The minimum absolute atomic E-state index is 0.00216. The molecule has 3 rings (SSSR count). The van der Waals surface area contributed by atoms with E-state index in [1.165, 1.54) is 13.2 Å². The zero-order chi connectivity index (χ0) is 19.4. The standard InChI is InChI=1S/C20H21N3O4/c1-13(2)23-15(9-11-22-23)19-14(6-5-10-21-19)12-27-17-8-4-7-16(24)18(17)20(25)26-3/h4-11,13,24H,12H2,1-3H3. The van der Waals surface area contributed by atoms with Gasteiger partial charge in [-0.3, -0.25) is 9.67 Å². The molecule has 3 aromatic rings. The summed E-state index contributed by atoms with van der Waals surface area (Å²) in [7, 11) is 1.25. The average molecular weight is 367 g/mol. The third-order valence-electron chi connectivity index (χ3n) is 4.07. The SMILES string of the molecule is COC(=O)c1c(O)cccc1OCc1cccnc1-c1ccnn1C(C)C. The van der Waals surface area contributed by atoms with Gasteiger partial charge in [0.15, 0.2) is 0 Å². The number of aromatic nitrogens is 3. The molecule has 2 heterocycles. The van der Waals surface area contributed by atoms with Crippen molar-refractivity contribution in [2.45, 2.75) is 26.5 Å². The van der Waals surface area contributed by atoms with Crippen molar-refractivity contribution in [3.8, 4) is 22.9 Å². The first-order valence-corrected chi connectivity index (χ1v) is 8.53. The van der Waals surface area contributed by atoms with Crippen LogP contribution in [0.4, 0.5) is 0 Å². The molecule has 0 bridgehead atoms. The molecular weight excluding hydrogens is 346 g/mol. The number of phenols is 1. The minimum Gasteiger partial charge on any atom is -0.507 e. The van der Waals surface area contributed by atoms with Gasteiger partial charge >= 0.3 is 5.97 Å². The molecule has 0 saturated heterocycles. The number of hydrogen-bond acceptors (Lipinski definition) is 6. The van der Waals surface area contributed by atoms with Gasteiger partial charge in [-0.2, -0.15) is 5.10 Å². The predicted octanol–water partition coefficient (Wildman–Crippen LogP) is 3.60. The maximum absolute atomic E-state index is 12.0. The lowest BCUT2D eigenvalue weighted by atomic mass is 10.1.